The third-order valence-corrected chi connectivity index (χ3v) is 5.08. The second-order valence-electron chi connectivity index (χ2n) is 5.71. The van der Waals surface area contributed by atoms with E-state index in [4.69, 9.17) is 0 Å². The van der Waals surface area contributed by atoms with Crippen LogP contribution in [0.1, 0.15) is 21.9 Å². The van der Waals surface area contributed by atoms with Crippen LogP contribution < -0.4 is 5.32 Å². The molecular formula is C19H17N3OS. The third-order valence-electron chi connectivity index (χ3n) is 3.96. The summed E-state index contributed by atoms with van der Waals surface area (Å²) in [6, 6.07) is 18.0. The normalized spacial score (nSPS) is 11.2. The fourth-order valence-corrected chi connectivity index (χ4v) is 3.74. The summed E-state index contributed by atoms with van der Waals surface area (Å²) in [6.07, 6.45) is 1.68. The molecule has 2 heterocycles. The molecule has 0 fully saturated rings. The van der Waals surface area contributed by atoms with E-state index in [1.54, 1.807) is 0 Å². The molecule has 4 aromatic rings. The minimum Gasteiger partial charge on any atom is -0.351 e. The number of rotatable bonds is 5. The Morgan fingerprint density at radius 1 is 1.12 bits per heavy atom. The maximum Gasteiger partial charge on any atom is 0.261 e. The molecule has 0 saturated heterocycles. The molecule has 2 aromatic carbocycles. The molecular weight excluding hydrogens is 318 g/mol. The maximum atomic E-state index is 12.2. The van der Waals surface area contributed by atoms with Crippen LogP contribution in [-0.2, 0) is 6.42 Å². The number of carbonyl (C=O) groups excluding carboxylic acids is 1. The minimum absolute atomic E-state index is 0.000746. The number of para-hydroxylation sites is 2. The molecule has 0 aliphatic carbocycles. The van der Waals surface area contributed by atoms with Crippen LogP contribution in [0, 0.1) is 0 Å². The second-order valence-corrected chi connectivity index (χ2v) is 6.79. The Bertz CT molecular complexity index is 936. The molecule has 0 saturated carbocycles. The van der Waals surface area contributed by atoms with E-state index in [0.29, 0.717) is 6.54 Å². The van der Waals surface area contributed by atoms with E-state index in [-0.39, 0.29) is 5.91 Å². The van der Waals surface area contributed by atoms with Crippen LogP contribution in [0.2, 0.25) is 0 Å². The van der Waals surface area contributed by atoms with Crippen molar-refractivity contribution in [2.24, 2.45) is 0 Å². The highest BCUT2D eigenvalue weighted by molar-refractivity contribution is 7.20. The Morgan fingerprint density at radius 3 is 2.83 bits per heavy atom. The highest BCUT2D eigenvalue weighted by Gasteiger charge is 2.09. The van der Waals surface area contributed by atoms with Crippen LogP contribution in [0.5, 0.6) is 0 Å². The van der Waals surface area contributed by atoms with Gasteiger partial charge in [0.1, 0.15) is 5.82 Å². The largest absolute Gasteiger partial charge is 0.351 e. The number of carbonyl (C=O) groups is 1. The summed E-state index contributed by atoms with van der Waals surface area (Å²) >= 11 is 1.53. The monoisotopic (exact) mass is 335 g/mol. The molecule has 0 unspecified atom stereocenters. The smallest absolute Gasteiger partial charge is 0.261 e. The summed E-state index contributed by atoms with van der Waals surface area (Å²) in [4.78, 5) is 20.9. The standard InChI is InChI=1S/C19H17N3OS/c23-19(17-12-13-6-1-4-9-16(13)24-17)20-11-5-10-18-21-14-7-2-3-8-15(14)22-18/h1-4,6-9,12H,5,10-11H2,(H,20,23)(H,21,22). The summed E-state index contributed by atoms with van der Waals surface area (Å²) in [5.74, 6) is 0.966. The van der Waals surface area contributed by atoms with Crippen LogP contribution in [0.15, 0.2) is 54.6 Å². The van der Waals surface area contributed by atoms with E-state index in [1.165, 1.54) is 11.3 Å². The van der Waals surface area contributed by atoms with E-state index in [0.717, 1.165) is 44.7 Å². The summed E-state index contributed by atoms with van der Waals surface area (Å²) in [6.45, 7) is 0.643. The zero-order valence-electron chi connectivity index (χ0n) is 13.1. The van der Waals surface area contributed by atoms with E-state index in [2.05, 4.69) is 15.3 Å². The van der Waals surface area contributed by atoms with Gasteiger partial charge in [0.05, 0.1) is 15.9 Å². The number of thiophene rings is 1. The average molecular weight is 335 g/mol. The van der Waals surface area contributed by atoms with Crippen molar-refractivity contribution in [3.05, 3.63) is 65.3 Å². The summed E-state index contributed by atoms with van der Waals surface area (Å²) < 4.78 is 1.14. The summed E-state index contributed by atoms with van der Waals surface area (Å²) in [5.41, 5.74) is 2.05. The van der Waals surface area contributed by atoms with Gasteiger partial charge in [-0.15, -0.1) is 11.3 Å². The van der Waals surface area contributed by atoms with Gasteiger partial charge in [-0.3, -0.25) is 4.79 Å². The van der Waals surface area contributed by atoms with Gasteiger partial charge in [0.15, 0.2) is 0 Å². The van der Waals surface area contributed by atoms with Gasteiger partial charge in [-0.2, -0.15) is 0 Å². The van der Waals surface area contributed by atoms with Crippen molar-refractivity contribution in [3.8, 4) is 0 Å². The number of aromatic nitrogens is 2. The molecule has 0 bridgehead atoms. The fourth-order valence-electron chi connectivity index (χ4n) is 2.76. The van der Waals surface area contributed by atoms with Crippen LogP contribution in [-0.4, -0.2) is 22.4 Å². The van der Waals surface area contributed by atoms with Crippen molar-refractivity contribution in [1.82, 2.24) is 15.3 Å². The second kappa shape index (κ2) is 6.45. The number of nitrogens with one attached hydrogen (secondary N) is 2. The number of aromatic amines is 1. The van der Waals surface area contributed by atoms with Gasteiger partial charge < -0.3 is 10.3 Å². The molecule has 120 valence electrons. The Labute approximate surface area is 143 Å². The molecule has 0 aliphatic heterocycles. The molecule has 0 atom stereocenters. The highest BCUT2D eigenvalue weighted by atomic mass is 32.1. The Kier molecular flexibility index (Phi) is 4.01. The number of hydrogen-bond donors (Lipinski definition) is 2. The number of amides is 1. The van der Waals surface area contributed by atoms with Crippen molar-refractivity contribution in [3.63, 3.8) is 0 Å². The first-order valence-corrected chi connectivity index (χ1v) is 8.82. The van der Waals surface area contributed by atoms with Crippen molar-refractivity contribution in [1.29, 1.82) is 0 Å². The molecule has 1 amide bonds. The first kappa shape index (κ1) is 14.9. The van der Waals surface area contributed by atoms with Gasteiger partial charge in [0, 0.05) is 17.7 Å². The molecule has 0 radical (unpaired) electrons. The lowest BCUT2D eigenvalue weighted by Gasteiger charge is -2.02. The molecule has 0 aliphatic rings. The summed E-state index contributed by atoms with van der Waals surface area (Å²) in [7, 11) is 0. The summed E-state index contributed by atoms with van der Waals surface area (Å²) in [5, 5.41) is 4.11. The van der Waals surface area contributed by atoms with Crippen LogP contribution in [0.4, 0.5) is 0 Å². The highest BCUT2D eigenvalue weighted by Crippen LogP contribution is 2.25. The van der Waals surface area contributed by atoms with Crippen LogP contribution in [0.25, 0.3) is 21.1 Å². The Balaban J connectivity index is 1.32. The van der Waals surface area contributed by atoms with Crippen molar-refractivity contribution < 1.29 is 4.79 Å². The zero-order chi connectivity index (χ0) is 16.4. The van der Waals surface area contributed by atoms with Crippen LogP contribution in [0.3, 0.4) is 0 Å². The molecule has 4 rings (SSSR count). The molecule has 2 aromatic heterocycles. The fraction of sp³-hybridized carbons (Fsp3) is 0.158. The van der Waals surface area contributed by atoms with E-state index in [1.807, 2.05) is 54.6 Å². The topological polar surface area (TPSA) is 57.8 Å². The van der Waals surface area contributed by atoms with E-state index >= 15 is 0 Å². The van der Waals surface area contributed by atoms with Gasteiger partial charge in [-0.1, -0.05) is 30.3 Å². The number of fused-ring (bicyclic) bond motifs is 2. The lowest BCUT2D eigenvalue weighted by molar-refractivity contribution is 0.0957. The number of imidazole rings is 1. The molecule has 2 N–H and O–H groups in total. The van der Waals surface area contributed by atoms with Gasteiger partial charge in [-0.25, -0.2) is 4.98 Å². The maximum absolute atomic E-state index is 12.2. The van der Waals surface area contributed by atoms with Crippen LogP contribution >= 0.6 is 11.3 Å². The SMILES string of the molecule is O=C(NCCCc1nc2ccccc2[nH]1)c1cc2ccccc2s1. The van der Waals surface area contributed by atoms with Gasteiger partial charge in [-0.05, 0) is 36.1 Å². The van der Waals surface area contributed by atoms with E-state index < -0.39 is 0 Å². The first-order chi connectivity index (χ1) is 11.8. The predicted octanol–water partition coefficient (Wildman–Crippen LogP) is 4.14. The molecule has 5 heteroatoms. The number of aryl methyl sites for hydroxylation is 1. The van der Waals surface area contributed by atoms with E-state index in [9.17, 15) is 4.79 Å². The van der Waals surface area contributed by atoms with Gasteiger partial charge >= 0.3 is 0 Å². The lowest BCUT2D eigenvalue weighted by Crippen LogP contribution is -2.23. The zero-order valence-corrected chi connectivity index (χ0v) is 13.9. The van der Waals surface area contributed by atoms with Gasteiger partial charge in [0.25, 0.3) is 5.91 Å². The number of nitrogens with zero attached hydrogens (tertiary/aromatic N) is 1. The third kappa shape index (κ3) is 3.03. The van der Waals surface area contributed by atoms with Crippen molar-refractivity contribution >= 4 is 38.4 Å². The minimum atomic E-state index is 0.000746. The quantitative estimate of drug-likeness (QED) is 0.539. The Morgan fingerprint density at radius 2 is 1.96 bits per heavy atom. The van der Waals surface area contributed by atoms with Gasteiger partial charge in [0.2, 0.25) is 0 Å². The molecule has 24 heavy (non-hydrogen) atoms. The Hall–Kier alpha value is -2.66. The molecule has 0 spiro atoms. The number of hydrogen-bond acceptors (Lipinski definition) is 3. The average Bonchev–Trinajstić information content (AvgIpc) is 3.21. The number of H-pyrrole nitrogens is 1. The first-order valence-electron chi connectivity index (χ1n) is 8.00. The molecule has 4 nitrogen and oxygen atoms in total. The lowest BCUT2D eigenvalue weighted by atomic mass is 10.2. The van der Waals surface area contributed by atoms with Crippen molar-refractivity contribution in [2.45, 2.75) is 12.8 Å². The predicted molar refractivity (Wildman–Crippen MR) is 98.6 cm³/mol. The number of benzene rings is 2. The van der Waals surface area contributed by atoms with Crippen molar-refractivity contribution in [2.75, 3.05) is 6.54 Å².